The largest absolute Gasteiger partial charge is 0.384 e. The summed E-state index contributed by atoms with van der Waals surface area (Å²) in [6.45, 7) is 3.23. The van der Waals surface area contributed by atoms with Crippen molar-refractivity contribution in [1.29, 1.82) is 0 Å². The first-order chi connectivity index (χ1) is 10.2. The second-order valence-corrected chi connectivity index (χ2v) is 7.55. The summed E-state index contributed by atoms with van der Waals surface area (Å²) in [4.78, 5) is 0.0759. The summed E-state index contributed by atoms with van der Waals surface area (Å²) in [5.41, 5.74) is 0.138. The molecule has 0 heterocycles. The Labute approximate surface area is 135 Å². The van der Waals surface area contributed by atoms with Crippen molar-refractivity contribution in [2.45, 2.75) is 24.3 Å². The van der Waals surface area contributed by atoms with Gasteiger partial charge in [0, 0.05) is 11.6 Å². The van der Waals surface area contributed by atoms with Crippen LogP contribution in [-0.2, 0) is 15.6 Å². The molecule has 1 unspecified atom stereocenters. The molecule has 0 aromatic heterocycles. The summed E-state index contributed by atoms with van der Waals surface area (Å²) in [6, 6.07) is 13.4. The summed E-state index contributed by atoms with van der Waals surface area (Å²) < 4.78 is 27.0. The highest BCUT2D eigenvalue weighted by Gasteiger charge is 2.26. The van der Waals surface area contributed by atoms with Crippen LogP contribution in [0.5, 0.6) is 0 Å². The third-order valence-corrected chi connectivity index (χ3v) is 5.26. The molecular weight excluding hydrogens is 322 g/mol. The molecule has 0 fully saturated rings. The molecule has 118 valence electrons. The van der Waals surface area contributed by atoms with Gasteiger partial charge in [-0.1, -0.05) is 48.0 Å². The van der Waals surface area contributed by atoms with Crippen LogP contribution >= 0.6 is 11.6 Å². The van der Waals surface area contributed by atoms with Crippen LogP contribution in [0, 0.1) is 6.92 Å². The van der Waals surface area contributed by atoms with Crippen LogP contribution in [0.2, 0.25) is 5.02 Å². The minimum atomic E-state index is -3.74. The van der Waals surface area contributed by atoms with Gasteiger partial charge in [-0.25, -0.2) is 13.1 Å². The topological polar surface area (TPSA) is 66.4 Å². The van der Waals surface area contributed by atoms with Crippen LogP contribution in [0.3, 0.4) is 0 Å². The quantitative estimate of drug-likeness (QED) is 0.880. The first-order valence-electron chi connectivity index (χ1n) is 6.76. The van der Waals surface area contributed by atoms with Gasteiger partial charge in [-0.15, -0.1) is 0 Å². The van der Waals surface area contributed by atoms with E-state index in [0.717, 1.165) is 5.56 Å². The molecule has 2 aromatic carbocycles. The number of hydrogen-bond acceptors (Lipinski definition) is 3. The third-order valence-electron chi connectivity index (χ3n) is 3.46. The van der Waals surface area contributed by atoms with E-state index in [1.807, 2.05) is 6.07 Å². The predicted octanol–water partition coefficient (Wildman–Crippen LogP) is 2.83. The SMILES string of the molecule is Cc1ccc(S(=O)(=O)NCC(C)(O)c2ccccc2)cc1Cl. The molecule has 0 saturated heterocycles. The van der Waals surface area contributed by atoms with Crippen LogP contribution in [0.1, 0.15) is 18.1 Å². The van der Waals surface area contributed by atoms with Gasteiger partial charge in [0.25, 0.3) is 0 Å². The maximum atomic E-state index is 12.3. The minimum Gasteiger partial charge on any atom is -0.384 e. The molecule has 0 aliphatic carbocycles. The van der Waals surface area contributed by atoms with Crippen molar-refractivity contribution >= 4 is 21.6 Å². The Balaban J connectivity index is 2.17. The average Bonchev–Trinajstić information content (AvgIpc) is 2.49. The fraction of sp³-hybridized carbons (Fsp3) is 0.250. The molecule has 4 nitrogen and oxygen atoms in total. The maximum absolute atomic E-state index is 12.3. The monoisotopic (exact) mass is 339 g/mol. The maximum Gasteiger partial charge on any atom is 0.240 e. The van der Waals surface area contributed by atoms with E-state index >= 15 is 0 Å². The molecule has 2 aromatic rings. The van der Waals surface area contributed by atoms with Crippen LogP contribution in [0.4, 0.5) is 0 Å². The Morgan fingerprint density at radius 3 is 2.41 bits per heavy atom. The van der Waals surface area contributed by atoms with E-state index in [1.165, 1.54) is 12.1 Å². The van der Waals surface area contributed by atoms with Crippen molar-refractivity contribution in [3.8, 4) is 0 Å². The van der Waals surface area contributed by atoms with Gasteiger partial charge in [-0.2, -0.15) is 0 Å². The Kier molecular flexibility index (Phi) is 4.92. The normalized spacial score (nSPS) is 14.5. The highest BCUT2D eigenvalue weighted by atomic mass is 35.5. The molecular formula is C16H18ClNO3S. The summed E-state index contributed by atoms with van der Waals surface area (Å²) in [5, 5.41) is 10.8. The second-order valence-electron chi connectivity index (χ2n) is 5.38. The summed E-state index contributed by atoms with van der Waals surface area (Å²) in [6.07, 6.45) is 0. The smallest absolute Gasteiger partial charge is 0.240 e. The molecule has 0 aliphatic heterocycles. The van der Waals surface area contributed by atoms with Gasteiger partial charge < -0.3 is 5.11 Å². The van der Waals surface area contributed by atoms with Gasteiger partial charge >= 0.3 is 0 Å². The molecule has 0 radical (unpaired) electrons. The summed E-state index contributed by atoms with van der Waals surface area (Å²) in [7, 11) is -3.74. The van der Waals surface area contributed by atoms with Crippen LogP contribution < -0.4 is 4.72 Å². The Morgan fingerprint density at radius 1 is 1.18 bits per heavy atom. The lowest BCUT2D eigenvalue weighted by molar-refractivity contribution is 0.0627. The zero-order chi connectivity index (χ0) is 16.4. The van der Waals surface area contributed by atoms with Crippen molar-refractivity contribution in [1.82, 2.24) is 4.72 Å². The Bertz CT molecular complexity index is 758. The van der Waals surface area contributed by atoms with E-state index < -0.39 is 15.6 Å². The van der Waals surface area contributed by atoms with Gasteiger partial charge in [-0.3, -0.25) is 0 Å². The number of hydrogen-bond donors (Lipinski definition) is 2. The molecule has 0 amide bonds. The van der Waals surface area contributed by atoms with E-state index in [9.17, 15) is 13.5 Å². The molecule has 2 rings (SSSR count). The van der Waals surface area contributed by atoms with Gasteiger partial charge in [0.15, 0.2) is 0 Å². The lowest BCUT2D eigenvalue weighted by atomic mass is 9.97. The number of halogens is 1. The number of sulfonamides is 1. The molecule has 6 heteroatoms. The third kappa shape index (κ3) is 3.87. The summed E-state index contributed by atoms with van der Waals surface area (Å²) in [5.74, 6) is 0. The Hall–Kier alpha value is -1.40. The number of rotatable bonds is 5. The molecule has 2 N–H and O–H groups in total. The van der Waals surface area contributed by atoms with E-state index in [1.54, 1.807) is 44.2 Å². The van der Waals surface area contributed by atoms with Crippen molar-refractivity contribution in [2.24, 2.45) is 0 Å². The zero-order valence-electron chi connectivity index (χ0n) is 12.4. The number of aryl methyl sites for hydroxylation is 1. The highest BCUT2D eigenvalue weighted by molar-refractivity contribution is 7.89. The van der Waals surface area contributed by atoms with E-state index in [0.29, 0.717) is 10.6 Å². The number of aliphatic hydroxyl groups is 1. The number of nitrogens with one attached hydrogen (secondary N) is 1. The fourth-order valence-electron chi connectivity index (χ4n) is 1.96. The molecule has 0 spiro atoms. The van der Waals surface area contributed by atoms with Gasteiger partial charge in [-0.05, 0) is 37.1 Å². The highest BCUT2D eigenvalue weighted by Crippen LogP contribution is 2.22. The second kappa shape index (κ2) is 6.38. The zero-order valence-corrected chi connectivity index (χ0v) is 13.9. The lowest BCUT2D eigenvalue weighted by Gasteiger charge is -2.24. The lowest BCUT2D eigenvalue weighted by Crippen LogP contribution is -2.38. The molecule has 22 heavy (non-hydrogen) atoms. The van der Waals surface area contributed by atoms with Crippen molar-refractivity contribution in [3.05, 3.63) is 64.7 Å². The number of benzene rings is 2. The Morgan fingerprint density at radius 2 is 1.82 bits per heavy atom. The minimum absolute atomic E-state index is 0.0759. The fourth-order valence-corrected chi connectivity index (χ4v) is 3.36. The van der Waals surface area contributed by atoms with Gasteiger partial charge in [0.05, 0.1) is 4.90 Å². The van der Waals surface area contributed by atoms with Gasteiger partial charge in [0.1, 0.15) is 5.60 Å². The summed E-state index contributed by atoms with van der Waals surface area (Å²) >= 11 is 5.96. The first kappa shape index (κ1) is 17.0. The molecule has 0 aliphatic rings. The van der Waals surface area contributed by atoms with Crippen molar-refractivity contribution in [3.63, 3.8) is 0 Å². The molecule has 0 saturated carbocycles. The standard InChI is InChI=1S/C16H18ClNO3S/c1-12-8-9-14(10-15(12)17)22(20,21)18-11-16(2,19)13-6-4-3-5-7-13/h3-10,18-19H,11H2,1-2H3. The van der Waals surface area contributed by atoms with Crippen molar-refractivity contribution < 1.29 is 13.5 Å². The van der Waals surface area contributed by atoms with Crippen LogP contribution in [0.25, 0.3) is 0 Å². The van der Waals surface area contributed by atoms with Crippen molar-refractivity contribution in [2.75, 3.05) is 6.54 Å². The molecule has 1 atom stereocenters. The van der Waals surface area contributed by atoms with Crippen LogP contribution in [0.15, 0.2) is 53.4 Å². The van der Waals surface area contributed by atoms with E-state index in [4.69, 9.17) is 11.6 Å². The first-order valence-corrected chi connectivity index (χ1v) is 8.62. The van der Waals surface area contributed by atoms with E-state index in [2.05, 4.69) is 4.72 Å². The average molecular weight is 340 g/mol. The van der Waals surface area contributed by atoms with Crippen LogP contribution in [-0.4, -0.2) is 20.1 Å². The predicted molar refractivity (Wildman–Crippen MR) is 87.4 cm³/mol. The van der Waals surface area contributed by atoms with E-state index in [-0.39, 0.29) is 11.4 Å². The molecule has 0 bridgehead atoms. The van der Waals surface area contributed by atoms with Gasteiger partial charge in [0.2, 0.25) is 10.0 Å².